The van der Waals surface area contributed by atoms with E-state index in [1.165, 1.54) is 0 Å². The second-order valence-electron chi connectivity index (χ2n) is 4.89. The van der Waals surface area contributed by atoms with Gasteiger partial charge in [0.1, 0.15) is 6.07 Å². The molecular weight excluding hydrogens is 433 g/mol. The number of halogens is 8. The third-order valence-corrected chi connectivity index (χ3v) is 5.43. The Bertz CT molecular complexity index is 860. The molecule has 0 saturated heterocycles. The summed E-state index contributed by atoms with van der Waals surface area (Å²) in [6, 6.07) is -0.973. The molecule has 2 rings (SSSR count). The van der Waals surface area contributed by atoms with Crippen molar-refractivity contribution < 1.29 is 30.6 Å². The summed E-state index contributed by atoms with van der Waals surface area (Å²) in [5, 5.41) is 4.52. The van der Waals surface area contributed by atoms with Gasteiger partial charge in [-0.1, -0.05) is 23.2 Å². The highest BCUT2D eigenvalue weighted by molar-refractivity contribution is 7.84. The van der Waals surface area contributed by atoms with Crippen LogP contribution in [0, 0.1) is 11.3 Å². The first-order chi connectivity index (χ1) is 11.8. The average molecular weight is 439 g/mol. The molecule has 1 aromatic heterocycles. The number of hydrogen-bond acceptors (Lipinski definition) is 4. The standard InChI is InChI=1S/C12H6Cl2F6N4OS/c13-7-5(4-21)10(15,12(18,19)20)9(22)8(14)6(7)11(16,17)26(25)24-3-1-2-23-24/h1-3,9H,22H2. The van der Waals surface area contributed by atoms with Gasteiger partial charge in [0.25, 0.3) is 5.67 Å². The van der Waals surface area contributed by atoms with E-state index >= 15 is 0 Å². The maximum atomic E-state index is 14.6. The van der Waals surface area contributed by atoms with Crippen LogP contribution >= 0.6 is 23.2 Å². The minimum atomic E-state index is -5.78. The van der Waals surface area contributed by atoms with Crippen molar-refractivity contribution in [2.75, 3.05) is 0 Å². The summed E-state index contributed by atoms with van der Waals surface area (Å²) < 4.78 is 95.5. The van der Waals surface area contributed by atoms with Gasteiger partial charge in [-0.05, 0) is 6.07 Å². The van der Waals surface area contributed by atoms with Crippen LogP contribution in [0.25, 0.3) is 0 Å². The smallest absolute Gasteiger partial charge is 0.320 e. The fourth-order valence-corrected chi connectivity index (χ4v) is 4.01. The van der Waals surface area contributed by atoms with Crippen LogP contribution in [0.2, 0.25) is 0 Å². The van der Waals surface area contributed by atoms with E-state index in [2.05, 4.69) is 5.10 Å². The normalized spacial score (nSPS) is 26.1. The molecule has 0 aliphatic heterocycles. The van der Waals surface area contributed by atoms with Gasteiger partial charge in [0.15, 0.2) is 0 Å². The maximum absolute atomic E-state index is 14.6. The number of allylic oxidation sites excluding steroid dienone is 1. The molecule has 0 radical (unpaired) electrons. The number of nitrogens with two attached hydrogens (primary N) is 1. The van der Waals surface area contributed by atoms with Gasteiger partial charge >= 0.3 is 11.4 Å². The Balaban J connectivity index is 2.73. The molecule has 0 saturated carbocycles. The molecule has 1 aliphatic carbocycles. The minimum Gasteiger partial charge on any atom is -0.320 e. The molecule has 3 atom stereocenters. The van der Waals surface area contributed by atoms with Crippen molar-refractivity contribution in [3.05, 3.63) is 39.7 Å². The Labute approximate surface area is 154 Å². The van der Waals surface area contributed by atoms with Crippen molar-refractivity contribution in [3.63, 3.8) is 0 Å². The maximum Gasteiger partial charge on any atom is 0.429 e. The molecule has 0 spiro atoms. The average Bonchev–Trinajstić information content (AvgIpc) is 3.05. The van der Waals surface area contributed by atoms with Gasteiger partial charge in [-0.25, -0.2) is 8.60 Å². The summed E-state index contributed by atoms with van der Waals surface area (Å²) in [7, 11) is -3.34. The molecule has 2 N–H and O–H groups in total. The van der Waals surface area contributed by atoms with Gasteiger partial charge in [-0.15, -0.1) is 0 Å². The van der Waals surface area contributed by atoms with Crippen molar-refractivity contribution in [2.45, 2.75) is 23.1 Å². The van der Waals surface area contributed by atoms with Crippen LogP contribution < -0.4 is 5.73 Å². The lowest BCUT2D eigenvalue weighted by Crippen LogP contribution is -2.59. The molecule has 3 unspecified atom stereocenters. The van der Waals surface area contributed by atoms with Crippen LogP contribution in [0.1, 0.15) is 0 Å². The lowest BCUT2D eigenvalue weighted by Gasteiger charge is -2.38. The number of nitrogens with zero attached hydrogens (tertiary/aromatic N) is 3. The largest absolute Gasteiger partial charge is 0.429 e. The molecule has 0 bridgehead atoms. The summed E-state index contributed by atoms with van der Waals surface area (Å²) >= 11 is 10.9. The molecule has 26 heavy (non-hydrogen) atoms. The molecular formula is C12H6Cl2F6N4OS. The van der Waals surface area contributed by atoms with E-state index < -0.39 is 55.3 Å². The number of aromatic nitrogens is 2. The number of nitriles is 1. The van der Waals surface area contributed by atoms with Crippen LogP contribution in [0.4, 0.5) is 26.3 Å². The molecule has 1 aromatic rings. The first-order valence-corrected chi connectivity index (χ1v) is 8.20. The highest BCUT2D eigenvalue weighted by atomic mass is 35.5. The lowest BCUT2D eigenvalue weighted by molar-refractivity contribution is -0.218. The Morgan fingerprint density at radius 3 is 2.35 bits per heavy atom. The van der Waals surface area contributed by atoms with Crippen molar-refractivity contribution >= 4 is 34.2 Å². The minimum absolute atomic E-state index is 0.278. The van der Waals surface area contributed by atoms with Gasteiger partial charge in [-0.3, -0.25) is 0 Å². The van der Waals surface area contributed by atoms with E-state index in [4.69, 9.17) is 34.2 Å². The van der Waals surface area contributed by atoms with E-state index in [0.717, 1.165) is 24.5 Å². The topological polar surface area (TPSA) is 84.7 Å². The van der Waals surface area contributed by atoms with Crippen LogP contribution in [0.3, 0.4) is 0 Å². The fraction of sp³-hybridized carbons (Fsp3) is 0.333. The fourth-order valence-electron chi connectivity index (χ4n) is 2.15. The van der Waals surface area contributed by atoms with Crippen molar-refractivity contribution in [3.8, 4) is 6.07 Å². The van der Waals surface area contributed by atoms with Gasteiger partial charge in [0.2, 0.25) is 11.0 Å². The zero-order valence-electron chi connectivity index (χ0n) is 12.1. The number of alkyl halides is 6. The lowest BCUT2D eigenvalue weighted by atomic mass is 9.81. The summed E-state index contributed by atoms with van der Waals surface area (Å²) in [6.07, 6.45) is -3.90. The number of rotatable bonds is 3. The monoisotopic (exact) mass is 438 g/mol. The van der Waals surface area contributed by atoms with Crippen LogP contribution in [-0.4, -0.2) is 36.5 Å². The second-order valence-corrected chi connectivity index (χ2v) is 7.06. The molecule has 5 nitrogen and oxygen atoms in total. The Hall–Kier alpha value is -1.55. The molecule has 14 heteroatoms. The van der Waals surface area contributed by atoms with Crippen LogP contribution in [0.15, 0.2) is 39.7 Å². The number of hydrogen-bond donors (Lipinski definition) is 1. The zero-order valence-corrected chi connectivity index (χ0v) is 14.4. The molecule has 0 amide bonds. The van der Waals surface area contributed by atoms with Gasteiger partial charge in [-0.2, -0.15) is 36.4 Å². The highest BCUT2D eigenvalue weighted by Crippen LogP contribution is 2.53. The molecule has 1 heterocycles. The predicted molar refractivity (Wildman–Crippen MR) is 80.0 cm³/mol. The van der Waals surface area contributed by atoms with Crippen LogP contribution in [-0.2, 0) is 11.0 Å². The quantitative estimate of drug-likeness (QED) is 0.734. The Kier molecular flexibility index (Phi) is 5.24. The SMILES string of the molecule is N#CC1=C(Cl)C(C(F)(F)S(=O)n2cccn2)=C(Cl)C(N)C1(F)C(F)(F)F. The van der Waals surface area contributed by atoms with E-state index in [1.807, 2.05) is 0 Å². The molecule has 1 aliphatic rings. The van der Waals surface area contributed by atoms with Crippen molar-refractivity contribution in [1.82, 2.24) is 9.19 Å². The first-order valence-electron chi connectivity index (χ1n) is 6.33. The summed E-state index contributed by atoms with van der Waals surface area (Å²) in [5.41, 5.74) is -3.05. The Morgan fingerprint density at radius 2 is 1.92 bits per heavy atom. The molecule has 0 fully saturated rings. The van der Waals surface area contributed by atoms with E-state index in [9.17, 15) is 30.6 Å². The summed E-state index contributed by atoms with van der Waals surface area (Å²) in [4.78, 5) is 0. The first kappa shape index (κ1) is 20.8. The molecule has 0 aromatic carbocycles. The highest BCUT2D eigenvalue weighted by Gasteiger charge is 2.68. The van der Waals surface area contributed by atoms with Gasteiger partial charge in [0, 0.05) is 6.20 Å². The van der Waals surface area contributed by atoms with E-state index in [-0.39, 0.29) is 4.09 Å². The second kappa shape index (κ2) is 6.56. The third kappa shape index (κ3) is 2.83. The van der Waals surface area contributed by atoms with E-state index in [1.54, 1.807) is 0 Å². The van der Waals surface area contributed by atoms with Crippen molar-refractivity contribution in [1.29, 1.82) is 5.26 Å². The van der Waals surface area contributed by atoms with Crippen molar-refractivity contribution in [2.24, 2.45) is 5.73 Å². The summed E-state index contributed by atoms with van der Waals surface area (Å²) in [6.45, 7) is 0. The van der Waals surface area contributed by atoms with E-state index in [0.29, 0.717) is 0 Å². The third-order valence-electron chi connectivity index (χ3n) is 3.43. The summed E-state index contributed by atoms with van der Waals surface area (Å²) in [5.74, 6) is 0. The molecule has 142 valence electrons. The van der Waals surface area contributed by atoms with Gasteiger partial charge in [0.05, 0.1) is 33.4 Å². The Morgan fingerprint density at radius 1 is 1.35 bits per heavy atom. The predicted octanol–water partition coefficient (Wildman–Crippen LogP) is 3.11. The van der Waals surface area contributed by atoms with Gasteiger partial charge < -0.3 is 5.73 Å². The van der Waals surface area contributed by atoms with Crippen LogP contribution in [0.5, 0.6) is 0 Å². The zero-order chi connectivity index (χ0) is 20.1.